The molecule has 4 heteroatoms. The number of allylic oxidation sites excluding steroid dienone is 2. The lowest BCUT2D eigenvalue weighted by molar-refractivity contribution is -0.135. The zero-order valence-corrected chi connectivity index (χ0v) is 18.0. The van der Waals surface area contributed by atoms with Crippen LogP contribution in [0.1, 0.15) is 73.6 Å². The van der Waals surface area contributed by atoms with Crippen molar-refractivity contribution in [2.45, 2.75) is 79.8 Å². The molecule has 0 radical (unpaired) electrons. The van der Waals surface area contributed by atoms with Crippen LogP contribution in [0.3, 0.4) is 0 Å². The van der Waals surface area contributed by atoms with Gasteiger partial charge in [-0.25, -0.2) is 0 Å². The predicted molar refractivity (Wildman–Crippen MR) is 107 cm³/mol. The Morgan fingerprint density at radius 3 is 2.04 bits per heavy atom. The molecule has 27 heavy (non-hydrogen) atoms. The Morgan fingerprint density at radius 2 is 1.59 bits per heavy atom. The number of ether oxygens (including phenoxy) is 1. The van der Waals surface area contributed by atoms with E-state index in [0.717, 1.165) is 32.3 Å². The fourth-order valence-corrected chi connectivity index (χ4v) is 4.39. The number of ketones is 2. The third kappa shape index (κ3) is 5.01. The van der Waals surface area contributed by atoms with Gasteiger partial charge >= 0.3 is 0 Å². The number of aliphatic hydroxyl groups is 1. The highest BCUT2D eigenvalue weighted by molar-refractivity contribution is 6.27. The van der Waals surface area contributed by atoms with Crippen LogP contribution in [0.2, 0.25) is 0 Å². The topological polar surface area (TPSA) is 63.6 Å². The van der Waals surface area contributed by atoms with E-state index in [2.05, 4.69) is 27.7 Å². The minimum Gasteiger partial charge on any atom is -0.511 e. The standard InChI is InChI=1S/C23H38O4/c1-13(2)7-9-16(18-11-12-27-18)19-17(10-8-14(3)4)22(25)20(23(19)26)21(24)15(5)6/h13-19,24H,7-12H2,1-6H3/b21-20+/t16?,17-,18+,19?/m0/s1. The van der Waals surface area contributed by atoms with E-state index in [0.29, 0.717) is 18.3 Å². The van der Waals surface area contributed by atoms with Gasteiger partial charge in [-0.2, -0.15) is 0 Å². The number of aliphatic hydroxyl groups excluding tert-OH is 1. The molecule has 0 amide bonds. The van der Waals surface area contributed by atoms with Crippen molar-refractivity contribution >= 4 is 11.6 Å². The molecule has 1 heterocycles. The molecule has 1 saturated heterocycles. The summed E-state index contributed by atoms with van der Waals surface area (Å²) in [5.74, 6) is -0.0523. The molecule has 1 saturated carbocycles. The fourth-order valence-electron chi connectivity index (χ4n) is 4.39. The molecule has 4 nitrogen and oxygen atoms in total. The Morgan fingerprint density at radius 1 is 1.00 bits per heavy atom. The van der Waals surface area contributed by atoms with Gasteiger partial charge in [0.25, 0.3) is 0 Å². The third-order valence-corrected chi connectivity index (χ3v) is 6.17. The number of hydrogen-bond donors (Lipinski definition) is 1. The number of carbonyl (C=O) groups is 2. The van der Waals surface area contributed by atoms with Gasteiger partial charge in [-0.15, -0.1) is 0 Å². The summed E-state index contributed by atoms with van der Waals surface area (Å²) in [4.78, 5) is 26.5. The van der Waals surface area contributed by atoms with Crippen LogP contribution in [0.5, 0.6) is 0 Å². The van der Waals surface area contributed by atoms with Crippen molar-refractivity contribution in [3.05, 3.63) is 11.3 Å². The molecular formula is C23H38O4. The van der Waals surface area contributed by atoms with E-state index in [9.17, 15) is 14.7 Å². The molecule has 0 aromatic rings. The summed E-state index contributed by atoms with van der Waals surface area (Å²) in [5.41, 5.74) is 0.0811. The van der Waals surface area contributed by atoms with Gasteiger partial charge in [0.15, 0.2) is 11.6 Å². The summed E-state index contributed by atoms with van der Waals surface area (Å²) in [6.45, 7) is 13.1. The molecule has 1 N–H and O–H groups in total. The molecule has 0 spiro atoms. The van der Waals surface area contributed by atoms with E-state index >= 15 is 0 Å². The van der Waals surface area contributed by atoms with Gasteiger partial charge < -0.3 is 9.84 Å². The van der Waals surface area contributed by atoms with Crippen LogP contribution in [0.15, 0.2) is 11.3 Å². The zero-order chi connectivity index (χ0) is 20.3. The summed E-state index contributed by atoms with van der Waals surface area (Å²) in [7, 11) is 0. The van der Waals surface area contributed by atoms with Crippen molar-refractivity contribution in [3.63, 3.8) is 0 Å². The highest BCUT2D eigenvalue weighted by Crippen LogP contribution is 2.45. The number of rotatable bonds is 9. The second kappa shape index (κ2) is 9.36. The quantitative estimate of drug-likeness (QED) is 0.344. The summed E-state index contributed by atoms with van der Waals surface area (Å²) >= 11 is 0. The van der Waals surface area contributed by atoms with Crippen LogP contribution < -0.4 is 0 Å². The van der Waals surface area contributed by atoms with Crippen molar-refractivity contribution < 1.29 is 19.4 Å². The van der Waals surface area contributed by atoms with Gasteiger partial charge in [0.05, 0.1) is 11.7 Å². The van der Waals surface area contributed by atoms with Gasteiger partial charge in [0, 0.05) is 24.4 Å². The molecule has 154 valence electrons. The maximum absolute atomic E-state index is 13.4. The van der Waals surface area contributed by atoms with E-state index in [1.165, 1.54) is 0 Å². The molecule has 2 rings (SSSR count). The highest BCUT2D eigenvalue weighted by atomic mass is 16.5. The maximum Gasteiger partial charge on any atom is 0.174 e. The first-order valence-corrected chi connectivity index (χ1v) is 10.8. The fraction of sp³-hybridized carbons (Fsp3) is 0.826. The van der Waals surface area contributed by atoms with Crippen molar-refractivity contribution in [3.8, 4) is 0 Å². The van der Waals surface area contributed by atoms with Gasteiger partial charge in [0.2, 0.25) is 0 Å². The van der Waals surface area contributed by atoms with Crippen molar-refractivity contribution in [2.24, 2.45) is 35.5 Å². The number of carbonyl (C=O) groups excluding carboxylic acids is 2. The Bertz CT molecular complexity index is 569. The van der Waals surface area contributed by atoms with Gasteiger partial charge in [-0.3, -0.25) is 9.59 Å². The molecule has 1 aliphatic heterocycles. The minimum absolute atomic E-state index is 0.0285. The van der Waals surface area contributed by atoms with Gasteiger partial charge in [-0.1, -0.05) is 54.4 Å². The van der Waals surface area contributed by atoms with Crippen molar-refractivity contribution in [1.82, 2.24) is 0 Å². The predicted octanol–water partition coefficient (Wildman–Crippen LogP) is 5.12. The molecule has 1 aliphatic carbocycles. The molecular weight excluding hydrogens is 340 g/mol. The van der Waals surface area contributed by atoms with E-state index < -0.39 is 0 Å². The molecule has 0 aromatic heterocycles. The Hall–Kier alpha value is -1.16. The zero-order valence-electron chi connectivity index (χ0n) is 18.0. The molecule has 0 bridgehead atoms. The summed E-state index contributed by atoms with van der Waals surface area (Å²) in [5, 5.41) is 10.5. The second-order valence-electron chi connectivity index (χ2n) is 9.58. The van der Waals surface area contributed by atoms with Crippen LogP contribution in [0.4, 0.5) is 0 Å². The van der Waals surface area contributed by atoms with Crippen LogP contribution in [0.25, 0.3) is 0 Å². The summed E-state index contributed by atoms with van der Waals surface area (Å²) in [6.07, 6.45) is 4.60. The molecule has 2 unspecified atom stereocenters. The first kappa shape index (κ1) is 22.1. The summed E-state index contributed by atoms with van der Waals surface area (Å²) in [6, 6.07) is 0. The number of hydrogen-bond acceptors (Lipinski definition) is 4. The molecule has 2 fully saturated rings. The van der Waals surface area contributed by atoms with Crippen molar-refractivity contribution in [2.75, 3.05) is 6.61 Å². The molecule has 0 aromatic carbocycles. The monoisotopic (exact) mass is 378 g/mol. The van der Waals surface area contributed by atoms with Gasteiger partial charge in [-0.05, 0) is 37.0 Å². The maximum atomic E-state index is 13.4. The summed E-state index contributed by atoms with van der Waals surface area (Å²) < 4.78 is 5.80. The average Bonchev–Trinajstić information content (AvgIpc) is 2.76. The number of Topliss-reactive ketones (excluding diaryl/α,β-unsaturated/α-hetero) is 2. The minimum atomic E-state index is -0.337. The highest BCUT2D eigenvalue weighted by Gasteiger charge is 2.52. The molecule has 2 aliphatic rings. The van der Waals surface area contributed by atoms with Crippen LogP contribution in [-0.2, 0) is 14.3 Å². The van der Waals surface area contributed by atoms with E-state index in [1.807, 2.05) is 13.8 Å². The first-order valence-electron chi connectivity index (χ1n) is 10.8. The van der Waals surface area contributed by atoms with Crippen molar-refractivity contribution in [1.29, 1.82) is 0 Å². The van der Waals surface area contributed by atoms with Gasteiger partial charge in [0.1, 0.15) is 5.76 Å². The van der Waals surface area contributed by atoms with Crippen LogP contribution >= 0.6 is 0 Å². The van der Waals surface area contributed by atoms with E-state index in [1.54, 1.807) is 0 Å². The normalized spacial score (nSPS) is 29.0. The lowest BCUT2D eigenvalue weighted by Gasteiger charge is -2.39. The van der Waals surface area contributed by atoms with E-state index in [4.69, 9.17) is 4.74 Å². The SMILES string of the molecule is CC(C)CCC(C1C(=O)/C(=C(/O)C(C)C)C(=O)[C@H]1CCC(C)C)[C@H]1CCO1. The second-order valence-corrected chi connectivity index (χ2v) is 9.58. The van der Waals surface area contributed by atoms with E-state index in [-0.39, 0.29) is 52.7 Å². The van der Waals surface area contributed by atoms with Crippen LogP contribution in [-0.4, -0.2) is 29.4 Å². The first-order chi connectivity index (χ1) is 12.6. The lowest BCUT2D eigenvalue weighted by Crippen LogP contribution is -2.42. The van der Waals surface area contributed by atoms with Crippen LogP contribution in [0, 0.1) is 35.5 Å². The Kier molecular flexibility index (Phi) is 7.67. The lowest BCUT2D eigenvalue weighted by atomic mass is 9.73. The largest absolute Gasteiger partial charge is 0.511 e. The Balaban J connectivity index is 2.38. The average molecular weight is 379 g/mol. The smallest absolute Gasteiger partial charge is 0.174 e. The Labute approximate surface area is 164 Å². The molecule has 4 atom stereocenters. The third-order valence-electron chi connectivity index (χ3n) is 6.17.